The van der Waals surface area contributed by atoms with Crippen molar-refractivity contribution in [3.05, 3.63) is 46.7 Å². The number of hydrogen-bond donors (Lipinski definition) is 0. The molecule has 4 aliphatic rings. The van der Waals surface area contributed by atoms with Crippen LogP contribution in [0.15, 0.2) is 36.7 Å². The highest BCUT2D eigenvalue weighted by molar-refractivity contribution is 6.32. The lowest BCUT2D eigenvalue weighted by molar-refractivity contribution is -0.115. The second-order valence-corrected chi connectivity index (χ2v) is 14.7. The summed E-state index contributed by atoms with van der Waals surface area (Å²) in [6, 6.07) is 7.17. The molecule has 1 unspecified atom stereocenters. The molecule has 0 N–H and O–H groups in total. The Hall–Kier alpha value is -1.52. The van der Waals surface area contributed by atoms with Crippen LogP contribution in [0, 0.1) is 46.3 Å². The third-order valence-corrected chi connectivity index (χ3v) is 12.7. The number of hydrogen-bond acceptors (Lipinski definition) is 4. The van der Waals surface area contributed by atoms with Crippen LogP contribution in [0.1, 0.15) is 97.8 Å². The zero-order valence-corrected chi connectivity index (χ0v) is 26.0. The summed E-state index contributed by atoms with van der Waals surface area (Å²) in [6.45, 7) is 7.80. The van der Waals surface area contributed by atoms with Gasteiger partial charge in [0.25, 0.3) is 0 Å². The normalized spacial score (nSPS) is 35.9. The van der Waals surface area contributed by atoms with E-state index in [0.717, 1.165) is 42.4 Å². The van der Waals surface area contributed by atoms with E-state index < -0.39 is 6.29 Å². The van der Waals surface area contributed by atoms with Gasteiger partial charge in [0.05, 0.1) is 0 Å². The first kappa shape index (κ1) is 28.6. The monoisotopic (exact) mass is 584 g/mol. The summed E-state index contributed by atoms with van der Waals surface area (Å²) in [6.07, 6.45) is 19.0. The van der Waals surface area contributed by atoms with Crippen molar-refractivity contribution in [1.29, 1.82) is 0 Å². The van der Waals surface area contributed by atoms with Crippen molar-refractivity contribution < 1.29 is 9.47 Å². The number of ether oxygens (including phenoxy) is 2. The maximum absolute atomic E-state index is 6.39. The average Bonchev–Trinajstić information content (AvgIpc) is 3.31. The molecule has 8 atom stereocenters. The van der Waals surface area contributed by atoms with Gasteiger partial charge in [-0.25, -0.2) is 9.97 Å². The zero-order chi connectivity index (χ0) is 27.9. The van der Waals surface area contributed by atoms with Crippen molar-refractivity contribution in [3.8, 4) is 11.8 Å². The van der Waals surface area contributed by atoms with Gasteiger partial charge in [-0.05, 0) is 128 Å². The lowest BCUT2D eigenvalue weighted by Gasteiger charge is -2.61. The van der Waals surface area contributed by atoms with Gasteiger partial charge in [0.1, 0.15) is 10.0 Å². The Morgan fingerprint density at radius 1 is 0.800 bits per heavy atom. The Bertz CT molecular complexity index is 1130. The number of halogens is 2. The Labute approximate surface area is 250 Å². The molecule has 0 aliphatic heterocycles. The minimum atomic E-state index is -0.565. The van der Waals surface area contributed by atoms with Gasteiger partial charge in [0.2, 0.25) is 18.1 Å². The van der Waals surface area contributed by atoms with Crippen molar-refractivity contribution in [2.75, 3.05) is 0 Å². The second-order valence-electron chi connectivity index (χ2n) is 13.9. The maximum atomic E-state index is 6.39. The first-order valence-electron chi connectivity index (χ1n) is 15.8. The summed E-state index contributed by atoms with van der Waals surface area (Å²) in [5.41, 5.74) is 1.05. The van der Waals surface area contributed by atoms with Crippen molar-refractivity contribution in [3.63, 3.8) is 0 Å². The van der Waals surface area contributed by atoms with Gasteiger partial charge in [-0.3, -0.25) is 0 Å². The third kappa shape index (κ3) is 5.26. The van der Waals surface area contributed by atoms with Gasteiger partial charge >= 0.3 is 0 Å². The molecular weight excluding hydrogens is 539 g/mol. The minimum absolute atomic E-state index is 0.381. The van der Waals surface area contributed by atoms with E-state index in [2.05, 4.69) is 30.7 Å². The predicted octanol–water partition coefficient (Wildman–Crippen LogP) is 10.0. The maximum Gasteiger partial charge on any atom is 0.244 e. The number of rotatable bonds is 8. The van der Waals surface area contributed by atoms with Crippen LogP contribution < -0.4 is 9.47 Å². The second kappa shape index (κ2) is 11.6. The number of fused-ring (bicyclic) bond motifs is 5. The molecular formula is C34H46Cl2N2O2. The average molecular weight is 586 g/mol. The van der Waals surface area contributed by atoms with E-state index in [0.29, 0.717) is 38.6 Å². The summed E-state index contributed by atoms with van der Waals surface area (Å²) in [4.78, 5) is 8.67. The first-order valence-corrected chi connectivity index (χ1v) is 16.6. The summed E-state index contributed by atoms with van der Waals surface area (Å²) >= 11 is 12.8. The fourth-order valence-electron chi connectivity index (χ4n) is 10.2. The summed E-state index contributed by atoms with van der Waals surface area (Å²) in [7, 11) is 0. The molecule has 218 valence electrons. The summed E-state index contributed by atoms with van der Waals surface area (Å²) in [5, 5.41) is 0.945. The van der Waals surface area contributed by atoms with Gasteiger partial charge in [-0.2, -0.15) is 0 Å². The molecule has 0 radical (unpaired) electrons. The van der Waals surface area contributed by atoms with E-state index in [4.69, 9.17) is 32.7 Å². The molecule has 6 rings (SSSR count). The molecule has 4 nitrogen and oxygen atoms in total. The van der Waals surface area contributed by atoms with E-state index >= 15 is 0 Å². The third-order valence-electron chi connectivity index (χ3n) is 12.1. The van der Waals surface area contributed by atoms with Crippen LogP contribution in [0.5, 0.6) is 11.8 Å². The van der Waals surface area contributed by atoms with E-state index in [-0.39, 0.29) is 0 Å². The smallest absolute Gasteiger partial charge is 0.244 e. The SMILES string of the molecule is C[C@H](CCC(Oc1ncccc1Cl)Oc1ncccc1Cl)[C@H]1CC[C@H]2[C@@H]3CCC4CCCC[C@]4(C)[C@H]3CC[C@]12C. The lowest BCUT2D eigenvalue weighted by atomic mass is 9.44. The van der Waals surface area contributed by atoms with E-state index in [9.17, 15) is 0 Å². The fourth-order valence-corrected chi connectivity index (χ4v) is 10.5. The topological polar surface area (TPSA) is 44.2 Å². The number of pyridine rings is 2. The Morgan fingerprint density at radius 2 is 1.48 bits per heavy atom. The quantitative estimate of drug-likeness (QED) is 0.289. The lowest BCUT2D eigenvalue weighted by Crippen LogP contribution is -2.53. The van der Waals surface area contributed by atoms with Crippen LogP contribution in [0.2, 0.25) is 10.0 Å². The van der Waals surface area contributed by atoms with Crippen LogP contribution in [-0.4, -0.2) is 16.3 Å². The molecule has 0 amide bonds. The first-order chi connectivity index (χ1) is 19.3. The van der Waals surface area contributed by atoms with Crippen LogP contribution in [0.3, 0.4) is 0 Å². The Kier molecular flexibility index (Phi) is 8.32. The van der Waals surface area contributed by atoms with Crippen molar-refractivity contribution >= 4 is 23.2 Å². The summed E-state index contributed by atoms with van der Waals surface area (Å²) < 4.78 is 12.4. The Morgan fingerprint density at radius 3 is 2.15 bits per heavy atom. The molecule has 0 aromatic carbocycles. The molecule has 40 heavy (non-hydrogen) atoms. The molecule has 2 aromatic rings. The highest BCUT2D eigenvalue weighted by Gasteiger charge is 2.60. The molecule has 4 fully saturated rings. The highest BCUT2D eigenvalue weighted by atomic mass is 35.5. The zero-order valence-electron chi connectivity index (χ0n) is 24.5. The van der Waals surface area contributed by atoms with E-state index in [1.807, 2.05) is 0 Å². The molecule has 0 spiro atoms. The Balaban J connectivity index is 1.14. The largest absolute Gasteiger partial charge is 0.436 e. The van der Waals surface area contributed by atoms with Gasteiger partial charge in [-0.15, -0.1) is 0 Å². The van der Waals surface area contributed by atoms with Gasteiger partial charge in [-0.1, -0.05) is 56.8 Å². The van der Waals surface area contributed by atoms with Crippen LogP contribution in [-0.2, 0) is 0 Å². The van der Waals surface area contributed by atoms with Crippen molar-refractivity contribution in [2.24, 2.45) is 46.3 Å². The summed E-state index contributed by atoms with van der Waals surface area (Å²) in [5.74, 6) is 5.86. The molecule has 4 saturated carbocycles. The highest BCUT2D eigenvalue weighted by Crippen LogP contribution is 2.68. The predicted molar refractivity (Wildman–Crippen MR) is 162 cm³/mol. The van der Waals surface area contributed by atoms with Crippen molar-refractivity contribution in [2.45, 2.75) is 104 Å². The molecule has 2 aromatic heterocycles. The molecule has 6 heteroatoms. The number of aromatic nitrogens is 2. The molecule has 0 saturated heterocycles. The van der Waals surface area contributed by atoms with Gasteiger partial charge < -0.3 is 9.47 Å². The molecule has 4 aliphatic carbocycles. The van der Waals surface area contributed by atoms with Crippen LogP contribution in [0.4, 0.5) is 0 Å². The van der Waals surface area contributed by atoms with E-state index in [1.54, 1.807) is 36.7 Å². The van der Waals surface area contributed by atoms with E-state index in [1.165, 1.54) is 64.2 Å². The van der Waals surface area contributed by atoms with Gasteiger partial charge in [0, 0.05) is 18.8 Å². The number of nitrogens with zero attached hydrogens (tertiary/aromatic N) is 2. The molecule has 2 heterocycles. The van der Waals surface area contributed by atoms with Crippen LogP contribution >= 0.6 is 23.2 Å². The van der Waals surface area contributed by atoms with Crippen LogP contribution in [0.25, 0.3) is 0 Å². The van der Waals surface area contributed by atoms with Crippen molar-refractivity contribution in [1.82, 2.24) is 9.97 Å². The fraction of sp³-hybridized carbons (Fsp3) is 0.706. The minimum Gasteiger partial charge on any atom is -0.436 e. The molecule has 0 bridgehead atoms. The van der Waals surface area contributed by atoms with Gasteiger partial charge in [0.15, 0.2) is 0 Å². The standard InChI is InChI=1S/C34H46Cl2N2O2/c1-22(11-16-30(39-31-28(35)9-6-20-37-31)40-32-29(36)10-7-21-38-32)25-14-15-26-24-13-12-23-8-4-5-18-33(23,2)27(24)17-19-34(25,26)3/h6-7,9-10,20-27,30H,4-5,8,11-19H2,1-3H3/t22-,23?,24+,25-,26+,27+,33+,34-/m1/s1.